The molecule has 1 aliphatic heterocycles. The normalized spacial score (nSPS) is 24.7. The van der Waals surface area contributed by atoms with Gasteiger partial charge in [0.2, 0.25) is 0 Å². The van der Waals surface area contributed by atoms with Crippen LogP contribution in [0.15, 0.2) is 0 Å². The molecule has 13 heavy (non-hydrogen) atoms. The number of carbonyl (C=O) groups excluding carboxylic acids is 1. The fourth-order valence-corrected chi connectivity index (χ4v) is 1.88. The van der Waals surface area contributed by atoms with Gasteiger partial charge in [0.1, 0.15) is 0 Å². The summed E-state index contributed by atoms with van der Waals surface area (Å²) in [5.74, 6) is 0. The third-order valence-corrected chi connectivity index (χ3v) is 3.26. The fourth-order valence-electron chi connectivity index (χ4n) is 1.88. The Labute approximate surface area is 79.5 Å². The first-order valence-electron chi connectivity index (χ1n) is 5.22. The monoisotopic (exact) mass is 182 g/mol. The van der Waals surface area contributed by atoms with Gasteiger partial charge in [-0.25, -0.2) is 4.79 Å². The molecule has 74 valence electrons. The second-order valence-corrected chi connectivity index (χ2v) is 4.63. The molecule has 1 heterocycles. The van der Waals surface area contributed by atoms with Gasteiger partial charge in [0.25, 0.3) is 0 Å². The predicted molar refractivity (Wildman–Crippen MR) is 51.5 cm³/mol. The van der Waals surface area contributed by atoms with E-state index in [2.05, 4.69) is 12.2 Å². The summed E-state index contributed by atoms with van der Waals surface area (Å²) in [5, 5.41) is 2.82. The number of hydrogen-bond donors (Lipinski definition) is 1. The highest BCUT2D eigenvalue weighted by Gasteiger charge is 2.36. The molecular formula is C10H18N2O. The van der Waals surface area contributed by atoms with E-state index in [-0.39, 0.29) is 6.03 Å². The van der Waals surface area contributed by atoms with Gasteiger partial charge in [-0.3, -0.25) is 0 Å². The van der Waals surface area contributed by atoms with E-state index in [0.29, 0.717) is 5.41 Å². The zero-order chi connectivity index (χ0) is 9.31. The smallest absolute Gasteiger partial charge is 0.317 e. The lowest BCUT2D eigenvalue weighted by atomic mass is 10.0. The standard InChI is InChI=1S/C10H18N2O/c1-10(4-5-10)3-2-7-12-8-6-11-9(12)13/h2-8H2,1H3,(H,11,13). The molecule has 2 fully saturated rings. The van der Waals surface area contributed by atoms with Crippen LogP contribution in [0.5, 0.6) is 0 Å². The Morgan fingerprint density at radius 3 is 2.85 bits per heavy atom. The van der Waals surface area contributed by atoms with Gasteiger partial charge in [0, 0.05) is 19.6 Å². The molecule has 2 rings (SSSR count). The molecule has 1 saturated heterocycles. The zero-order valence-corrected chi connectivity index (χ0v) is 8.31. The number of nitrogens with one attached hydrogen (secondary N) is 1. The van der Waals surface area contributed by atoms with E-state index in [1.807, 2.05) is 4.90 Å². The Balaban J connectivity index is 1.64. The van der Waals surface area contributed by atoms with E-state index in [4.69, 9.17) is 0 Å². The minimum absolute atomic E-state index is 0.126. The molecule has 0 aromatic heterocycles. The van der Waals surface area contributed by atoms with Crippen LogP contribution in [0.1, 0.15) is 32.6 Å². The number of carbonyl (C=O) groups is 1. The number of rotatable bonds is 4. The second kappa shape index (κ2) is 3.20. The van der Waals surface area contributed by atoms with Crippen molar-refractivity contribution in [3.8, 4) is 0 Å². The van der Waals surface area contributed by atoms with Crippen LogP contribution in [0.25, 0.3) is 0 Å². The van der Waals surface area contributed by atoms with Gasteiger partial charge in [-0.05, 0) is 31.1 Å². The molecule has 1 N–H and O–H groups in total. The molecule has 0 radical (unpaired) electrons. The highest BCUT2D eigenvalue weighted by molar-refractivity contribution is 5.76. The largest absolute Gasteiger partial charge is 0.336 e. The molecule has 3 nitrogen and oxygen atoms in total. The molecule has 2 aliphatic rings. The number of urea groups is 1. The molecule has 0 aromatic carbocycles. The lowest BCUT2D eigenvalue weighted by Crippen LogP contribution is -2.29. The van der Waals surface area contributed by atoms with Crippen molar-refractivity contribution in [2.24, 2.45) is 5.41 Å². The van der Waals surface area contributed by atoms with Gasteiger partial charge in [-0.15, -0.1) is 0 Å². The summed E-state index contributed by atoms with van der Waals surface area (Å²) in [4.78, 5) is 13.1. The first kappa shape index (κ1) is 8.85. The summed E-state index contributed by atoms with van der Waals surface area (Å²) in [6, 6.07) is 0.126. The molecule has 0 aromatic rings. The van der Waals surface area contributed by atoms with Crippen molar-refractivity contribution in [3.63, 3.8) is 0 Å². The molecule has 0 spiro atoms. The van der Waals surface area contributed by atoms with Crippen molar-refractivity contribution < 1.29 is 4.79 Å². The number of hydrogen-bond acceptors (Lipinski definition) is 1. The molecule has 0 bridgehead atoms. The molecule has 3 heteroatoms. The van der Waals surface area contributed by atoms with Crippen LogP contribution in [-0.4, -0.2) is 30.6 Å². The van der Waals surface area contributed by atoms with Crippen molar-refractivity contribution in [2.75, 3.05) is 19.6 Å². The summed E-state index contributed by atoms with van der Waals surface area (Å²) >= 11 is 0. The maximum atomic E-state index is 11.2. The average molecular weight is 182 g/mol. The van der Waals surface area contributed by atoms with Gasteiger partial charge < -0.3 is 10.2 Å². The Bertz CT molecular complexity index is 211. The lowest BCUT2D eigenvalue weighted by Gasteiger charge is -2.15. The fraction of sp³-hybridized carbons (Fsp3) is 0.900. The first-order valence-corrected chi connectivity index (χ1v) is 5.22. The zero-order valence-electron chi connectivity index (χ0n) is 8.31. The SMILES string of the molecule is CC1(CCCN2CCNC2=O)CC1. The van der Waals surface area contributed by atoms with E-state index in [1.54, 1.807) is 0 Å². The summed E-state index contributed by atoms with van der Waals surface area (Å²) in [6.07, 6.45) is 5.24. The Morgan fingerprint density at radius 2 is 2.31 bits per heavy atom. The van der Waals surface area contributed by atoms with Gasteiger partial charge in [-0.1, -0.05) is 6.92 Å². The molecular weight excluding hydrogens is 164 g/mol. The predicted octanol–water partition coefficient (Wildman–Crippen LogP) is 1.59. The van der Waals surface area contributed by atoms with Crippen molar-refractivity contribution >= 4 is 6.03 Å². The third kappa shape index (κ3) is 2.14. The van der Waals surface area contributed by atoms with Crippen molar-refractivity contribution in [1.82, 2.24) is 10.2 Å². The Morgan fingerprint density at radius 1 is 1.54 bits per heavy atom. The van der Waals surface area contributed by atoms with E-state index in [0.717, 1.165) is 19.6 Å². The van der Waals surface area contributed by atoms with Crippen LogP contribution in [0, 0.1) is 5.41 Å². The molecule has 1 saturated carbocycles. The molecule has 1 aliphatic carbocycles. The molecule has 0 atom stereocenters. The Kier molecular flexibility index (Phi) is 2.18. The minimum atomic E-state index is 0.126. The van der Waals surface area contributed by atoms with Crippen LogP contribution in [0.3, 0.4) is 0 Å². The van der Waals surface area contributed by atoms with E-state index < -0.39 is 0 Å². The topological polar surface area (TPSA) is 32.3 Å². The van der Waals surface area contributed by atoms with Crippen LogP contribution < -0.4 is 5.32 Å². The average Bonchev–Trinajstić information content (AvgIpc) is 2.68. The molecule has 0 unspecified atom stereocenters. The van der Waals surface area contributed by atoms with Crippen molar-refractivity contribution in [1.29, 1.82) is 0 Å². The Hall–Kier alpha value is -0.730. The summed E-state index contributed by atoms with van der Waals surface area (Å²) in [6.45, 7) is 5.02. The van der Waals surface area contributed by atoms with Crippen molar-refractivity contribution in [2.45, 2.75) is 32.6 Å². The van der Waals surface area contributed by atoms with Gasteiger partial charge in [0.05, 0.1) is 0 Å². The number of nitrogens with zero attached hydrogens (tertiary/aromatic N) is 1. The van der Waals surface area contributed by atoms with Gasteiger partial charge in [0.15, 0.2) is 0 Å². The quantitative estimate of drug-likeness (QED) is 0.703. The second-order valence-electron chi connectivity index (χ2n) is 4.63. The molecule has 2 amide bonds. The number of amides is 2. The highest BCUT2D eigenvalue weighted by Crippen LogP contribution is 2.48. The summed E-state index contributed by atoms with van der Waals surface area (Å²) < 4.78 is 0. The van der Waals surface area contributed by atoms with Gasteiger partial charge in [-0.2, -0.15) is 0 Å². The summed E-state index contributed by atoms with van der Waals surface area (Å²) in [5.41, 5.74) is 0.635. The first-order chi connectivity index (χ1) is 6.20. The van der Waals surface area contributed by atoms with Crippen LogP contribution in [0.4, 0.5) is 4.79 Å². The van der Waals surface area contributed by atoms with Crippen molar-refractivity contribution in [3.05, 3.63) is 0 Å². The lowest BCUT2D eigenvalue weighted by molar-refractivity contribution is 0.215. The van der Waals surface area contributed by atoms with E-state index in [1.165, 1.54) is 25.7 Å². The maximum Gasteiger partial charge on any atom is 0.317 e. The highest BCUT2D eigenvalue weighted by atomic mass is 16.2. The summed E-state index contributed by atoms with van der Waals surface area (Å²) in [7, 11) is 0. The van der Waals surface area contributed by atoms with Crippen LogP contribution in [0.2, 0.25) is 0 Å². The minimum Gasteiger partial charge on any atom is -0.336 e. The van der Waals surface area contributed by atoms with E-state index >= 15 is 0 Å². The van der Waals surface area contributed by atoms with E-state index in [9.17, 15) is 4.79 Å². The van der Waals surface area contributed by atoms with Gasteiger partial charge >= 0.3 is 6.03 Å². The third-order valence-electron chi connectivity index (χ3n) is 3.26. The maximum absolute atomic E-state index is 11.2. The van der Waals surface area contributed by atoms with Crippen LogP contribution >= 0.6 is 0 Å². The van der Waals surface area contributed by atoms with Crippen LogP contribution in [-0.2, 0) is 0 Å².